The number of hydrogen-bond acceptors (Lipinski definition) is 8. The second-order valence-corrected chi connectivity index (χ2v) is 18.3. The fraction of sp³-hybridized carbons (Fsp3) is 0.282. The van der Waals surface area contributed by atoms with Crippen LogP contribution in [0.1, 0.15) is 51.5 Å². The van der Waals surface area contributed by atoms with E-state index in [1.54, 1.807) is 27.7 Å². The minimum atomic E-state index is -4.19. The van der Waals surface area contributed by atoms with Crippen LogP contribution in [-0.4, -0.2) is 29.3 Å². The first-order valence-electron chi connectivity index (χ1n) is 17.3. The first kappa shape index (κ1) is 38.3. The molecule has 0 aliphatic carbocycles. The van der Waals surface area contributed by atoms with Crippen LogP contribution in [-0.2, 0) is 23.2 Å². The summed E-state index contributed by atoms with van der Waals surface area (Å²) in [4.78, 5) is 16.6. The van der Waals surface area contributed by atoms with Crippen molar-refractivity contribution in [2.45, 2.75) is 69.7 Å². The van der Waals surface area contributed by atoms with Crippen LogP contribution in [0, 0.1) is 0 Å². The standard InChI is InChI=1S/C39H40BrN3O5S4/c1-4-6-10-23-42-31-25-28(40)16-18-33(31)49-37(42)15-11-14-36-41(5-2)39(44)35(51-36)20-21-38-43(24-22-27(3)52(45,46)47)32-26-30(17-19-34(32)50-38)48-29-12-8-7-9-13-29/h7-9,11-21,25-27H,4-6,10,22-24H2,1-3H3/p+1/b35-20+,38-21-. The maximum atomic E-state index is 13.6. The van der Waals surface area contributed by atoms with Gasteiger partial charge < -0.3 is 9.64 Å². The maximum Gasteiger partial charge on any atom is 0.269 e. The molecule has 5 aromatic rings. The van der Waals surface area contributed by atoms with Gasteiger partial charge in [0.05, 0.1) is 25.2 Å². The number of thiazole rings is 2. The van der Waals surface area contributed by atoms with Gasteiger partial charge >= 0.3 is 0 Å². The number of fused-ring (bicyclic) bond motifs is 2. The van der Waals surface area contributed by atoms with Crippen molar-refractivity contribution in [1.82, 2.24) is 4.57 Å². The van der Waals surface area contributed by atoms with E-state index < -0.39 is 15.4 Å². The summed E-state index contributed by atoms with van der Waals surface area (Å²) >= 11 is 8.38. The van der Waals surface area contributed by atoms with Gasteiger partial charge in [-0.2, -0.15) is 13.0 Å². The number of halogens is 1. The number of anilines is 1. The minimum absolute atomic E-state index is 0.0593. The molecule has 2 aromatic heterocycles. The first-order valence-corrected chi connectivity index (χ1v) is 22.0. The molecule has 1 aliphatic heterocycles. The summed E-state index contributed by atoms with van der Waals surface area (Å²) in [5.41, 5.74) is 2.03. The minimum Gasteiger partial charge on any atom is -0.457 e. The van der Waals surface area contributed by atoms with Gasteiger partial charge in [-0.05, 0) is 81.3 Å². The highest BCUT2D eigenvalue weighted by Gasteiger charge is 2.28. The molecule has 3 aromatic carbocycles. The Morgan fingerprint density at radius 2 is 1.79 bits per heavy atom. The largest absolute Gasteiger partial charge is 0.457 e. The van der Waals surface area contributed by atoms with E-state index in [4.69, 9.17) is 4.74 Å². The van der Waals surface area contributed by atoms with E-state index in [9.17, 15) is 17.8 Å². The lowest BCUT2D eigenvalue weighted by Crippen LogP contribution is -2.35. The lowest BCUT2D eigenvalue weighted by Gasteiger charge is -2.22. The molecule has 0 saturated heterocycles. The van der Waals surface area contributed by atoms with Crippen molar-refractivity contribution in [2.24, 2.45) is 0 Å². The number of benzene rings is 3. The van der Waals surface area contributed by atoms with Gasteiger partial charge in [0.1, 0.15) is 16.2 Å². The van der Waals surface area contributed by atoms with Crippen LogP contribution in [0.3, 0.4) is 0 Å². The zero-order valence-electron chi connectivity index (χ0n) is 29.2. The number of rotatable bonds is 14. The molecular weight excluding hydrogens is 799 g/mol. The molecule has 0 radical (unpaired) electrons. The van der Waals surface area contributed by atoms with E-state index >= 15 is 0 Å². The number of thioether (sulfide) groups is 1. The van der Waals surface area contributed by atoms with Gasteiger partial charge in [-0.3, -0.25) is 13.9 Å². The number of unbranched alkanes of at least 4 members (excludes halogenated alkanes) is 2. The van der Waals surface area contributed by atoms with E-state index in [0.717, 1.165) is 49.1 Å². The summed E-state index contributed by atoms with van der Waals surface area (Å²) < 4.78 is 47.4. The van der Waals surface area contributed by atoms with E-state index in [1.807, 2.05) is 84.7 Å². The van der Waals surface area contributed by atoms with Crippen LogP contribution in [0.2, 0.25) is 0 Å². The topological polar surface area (TPSA) is 92.7 Å². The summed E-state index contributed by atoms with van der Waals surface area (Å²) in [7, 11) is -4.19. The Morgan fingerprint density at radius 1 is 0.981 bits per heavy atom. The quantitative estimate of drug-likeness (QED) is 0.0681. The lowest BCUT2D eigenvalue weighted by molar-refractivity contribution is -0.669. The fourth-order valence-electron chi connectivity index (χ4n) is 5.87. The van der Waals surface area contributed by atoms with E-state index in [1.165, 1.54) is 34.9 Å². The van der Waals surface area contributed by atoms with Gasteiger partial charge in [0.15, 0.2) is 6.54 Å². The van der Waals surface area contributed by atoms with Crippen molar-refractivity contribution in [1.29, 1.82) is 0 Å². The van der Waals surface area contributed by atoms with E-state index in [0.29, 0.717) is 29.1 Å². The third kappa shape index (κ3) is 9.00. The van der Waals surface area contributed by atoms with Gasteiger partial charge in [0.2, 0.25) is 5.52 Å². The summed E-state index contributed by atoms with van der Waals surface area (Å²) in [5.74, 6) is 1.36. The molecule has 0 fully saturated rings. The predicted molar refractivity (Wildman–Crippen MR) is 221 cm³/mol. The summed E-state index contributed by atoms with van der Waals surface area (Å²) in [6.45, 7) is 7.52. The van der Waals surface area contributed by atoms with Crippen LogP contribution in [0.5, 0.6) is 11.5 Å². The predicted octanol–water partition coefficient (Wildman–Crippen LogP) is 8.57. The van der Waals surface area contributed by atoms with Crippen LogP contribution < -0.4 is 29.0 Å². The Kier molecular flexibility index (Phi) is 12.6. The highest BCUT2D eigenvalue weighted by atomic mass is 79.9. The van der Waals surface area contributed by atoms with Gasteiger partial charge in [0, 0.05) is 47.1 Å². The number of hydrogen-bond donors (Lipinski definition) is 1. The molecule has 6 rings (SSSR count). The second kappa shape index (κ2) is 17.1. The Labute approximate surface area is 325 Å². The average molecular weight is 840 g/mol. The third-order valence-electron chi connectivity index (χ3n) is 8.73. The molecule has 52 heavy (non-hydrogen) atoms. The highest BCUT2D eigenvalue weighted by Crippen LogP contribution is 2.48. The van der Waals surface area contributed by atoms with Crippen LogP contribution in [0.15, 0.2) is 98.1 Å². The van der Waals surface area contributed by atoms with Gasteiger partial charge in [0.25, 0.3) is 20.7 Å². The van der Waals surface area contributed by atoms with Crippen molar-refractivity contribution in [2.75, 3.05) is 11.4 Å². The van der Waals surface area contributed by atoms with Gasteiger partial charge in [-0.25, -0.2) is 0 Å². The Hall–Kier alpha value is -3.46. The number of aromatic nitrogens is 2. The van der Waals surface area contributed by atoms with Crippen LogP contribution in [0.4, 0.5) is 5.69 Å². The summed E-state index contributed by atoms with van der Waals surface area (Å²) in [6, 6.07) is 21.7. The summed E-state index contributed by atoms with van der Waals surface area (Å²) in [5, 5.41) is 1.08. The maximum absolute atomic E-state index is 13.6. The normalized spacial score (nSPS) is 15.4. The molecule has 1 N–H and O–H groups in total. The Balaban J connectivity index is 1.32. The number of ether oxygens (including phenoxy) is 1. The van der Waals surface area contributed by atoms with E-state index in [-0.39, 0.29) is 12.0 Å². The monoisotopic (exact) mass is 838 g/mol. The molecule has 0 saturated carbocycles. The molecular formula is C39H41BrN3O5S4+. The highest BCUT2D eigenvalue weighted by molar-refractivity contribution is 9.10. The number of allylic oxidation sites excluding steroid dienone is 2. The Morgan fingerprint density at radius 3 is 2.54 bits per heavy atom. The zero-order chi connectivity index (χ0) is 36.8. The molecule has 8 nitrogen and oxygen atoms in total. The molecule has 0 amide bonds. The third-order valence-corrected chi connectivity index (χ3v) is 13.8. The Bertz CT molecular complexity index is 2420. The zero-order valence-corrected chi connectivity index (χ0v) is 34.0. The molecule has 3 heterocycles. The first-order chi connectivity index (χ1) is 25.0. The van der Waals surface area contributed by atoms with Crippen LogP contribution >= 0.6 is 50.4 Å². The van der Waals surface area contributed by atoms with E-state index in [2.05, 4.69) is 51.7 Å². The number of para-hydroxylation sites is 1. The van der Waals surface area contributed by atoms with Crippen molar-refractivity contribution in [3.8, 4) is 11.5 Å². The van der Waals surface area contributed by atoms with Crippen molar-refractivity contribution in [3.05, 3.63) is 113 Å². The van der Waals surface area contributed by atoms with Crippen molar-refractivity contribution < 1.29 is 22.3 Å². The van der Waals surface area contributed by atoms with Crippen molar-refractivity contribution in [3.63, 3.8) is 0 Å². The van der Waals surface area contributed by atoms with Crippen molar-refractivity contribution >= 4 is 94.6 Å². The second-order valence-electron chi connectivity index (χ2n) is 12.4. The van der Waals surface area contributed by atoms with Crippen LogP contribution in [0.25, 0.3) is 28.4 Å². The summed E-state index contributed by atoms with van der Waals surface area (Å²) in [6.07, 6.45) is 13.6. The SMILES string of the molecule is CCCCC[n+]1c(/C=C/C=c2\s/c(=C/C=C3\Sc4ccc(Oc5ccccc5)cc4N3CCC(C)S(=O)(=O)O)c(=O)n2CC)sc2ccc(Br)cc21. The lowest BCUT2D eigenvalue weighted by atomic mass is 10.2. The molecule has 13 heteroatoms. The smallest absolute Gasteiger partial charge is 0.269 e. The molecule has 1 aliphatic rings. The molecule has 272 valence electrons. The average Bonchev–Trinajstić information content (AvgIpc) is 3.75. The number of nitrogens with zero attached hydrogens (tertiary/aromatic N) is 3. The molecule has 1 unspecified atom stereocenters. The molecule has 0 spiro atoms. The molecule has 0 bridgehead atoms. The fourth-order valence-corrected chi connectivity index (χ4v) is 9.80. The van der Waals surface area contributed by atoms with Gasteiger partial charge in [-0.1, -0.05) is 76.6 Å². The number of aryl methyl sites for hydroxylation is 1. The molecule has 1 atom stereocenters. The van der Waals surface area contributed by atoms with Gasteiger partial charge in [-0.15, -0.1) is 11.3 Å².